The van der Waals surface area contributed by atoms with E-state index in [9.17, 15) is 5.11 Å². The number of rotatable bonds is 10. The fraction of sp³-hybridized carbons (Fsp3) is 1.00. The van der Waals surface area contributed by atoms with E-state index in [0.717, 1.165) is 25.7 Å². The van der Waals surface area contributed by atoms with Gasteiger partial charge in [-0.2, -0.15) is 0 Å². The van der Waals surface area contributed by atoms with Crippen molar-refractivity contribution in [2.75, 3.05) is 26.2 Å². The maximum atomic E-state index is 9.31. The summed E-state index contributed by atoms with van der Waals surface area (Å²) in [5.74, 6) is 0. The Labute approximate surface area is 119 Å². The first-order valence-corrected chi connectivity index (χ1v) is 8.15. The molecule has 1 aliphatic carbocycles. The predicted molar refractivity (Wildman–Crippen MR) is 82.5 cm³/mol. The second kappa shape index (κ2) is 8.23. The van der Waals surface area contributed by atoms with Crippen molar-refractivity contribution in [3.8, 4) is 0 Å². The SMILES string of the molecule is CCC(CC)(CNC(C)C)CN(CCO)C1CCC1. The van der Waals surface area contributed by atoms with Gasteiger partial charge in [-0.3, -0.25) is 4.90 Å². The third-order valence-corrected chi connectivity index (χ3v) is 4.90. The zero-order valence-electron chi connectivity index (χ0n) is 13.4. The van der Waals surface area contributed by atoms with E-state index in [1.54, 1.807) is 0 Å². The fourth-order valence-electron chi connectivity index (χ4n) is 2.90. The molecule has 0 heterocycles. The van der Waals surface area contributed by atoms with Crippen LogP contribution in [-0.2, 0) is 0 Å². The first-order valence-electron chi connectivity index (χ1n) is 8.15. The van der Waals surface area contributed by atoms with E-state index in [2.05, 4.69) is 37.9 Å². The first kappa shape index (κ1) is 16.9. The molecule has 0 aromatic heterocycles. The normalized spacial score (nSPS) is 17.2. The second-order valence-electron chi connectivity index (χ2n) is 6.52. The monoisotopic (exact) mass is 270 g/mol. The molecule has 114 valence electrons. The minimum atomic E-state index is 0.289. The molecule has 0 atom stereocenters. The highest BCUT2D eigenvalue weighted by atomic mass is 16.3. The summed E-state index contributed by atoms with van der Waals surface area (Å²) in [5.41, 5.74) is 0.356. The van der Waals surface area contributed by atoms with Crippen LogP contribution in [0.1, 0.15) is 59.8 Å². The van der Waals surface area contributed by atoms with Crippen LogP contribution in [0, 0.1) is 5.41 Å². The molecule has 1 rings (SSSR count). The van der Waals surface area contributed by atoms with Crippen molar-refractivity contribution in [1.82, 2.24) is 10.2 Å². The lowest BCUT2D eigenvalue weighted by atomic mass is 9.79. The van der Waals surface area contributed by atoms with Crippen LogP contribution in [0.5, 0.6) is 0 Å². The van der Waals surface area contributed by atoms with Gasteiger partial charge in [-0.05, 0) is 31.1 Å². The van der Waals surface area contributed by atoms with E-state index in [-0.39, 0.29) is 6.61 Å². The van der Waals surface area contributed by atoms with Crippen LogP contribution in [0.3, 0.4) is 0 Å². The van der Waals surface area contributed by atoms with Gasteiger partial charge in [0.1, 0.15) is 0 Å². The van der Waals surface area contributed by atoms with Gasteiger partial charge in [0.15, 0.2) is 0 Å². The molecule has 0 spiro atoms. The van der Waals surface area contributed by atoms with Gasteiger partial charge in [0, 0.05) is 31.7 Å². The van der Waals surface area contributed by atoms with Crippen LogP contribution in [-0.4, -0.2) is 48.3 Å². The number of nitrogens with one attached hydrogen (secondary N) is 1. The highest BCUT2D eigenvalue weighted by molar-refractivity contribution is 4.88. The average Bonchev–Trinajstić information content (AvgIpc) is 2.32. The lowest BCUT2D eigenvalue weighted by Gasteiger charge is -2.44. The van der Waals surface area contributed by atoms with Crippen LogP contribution in [0.2, 0.25) is 0 Å². The molecule has 1 saturated carbocycles. The number of nitrogens with zero attached hydrogens (tertiary/aromatic N) is 1. The van der Waals surface area contributed by atoms with E-state index < -0.39 is 0 Å². The van der Waals surface area contributed by atoms with Crippen LogP contribution < -0.4 is 5.32 Å². The molecule has 0 aromatic carbocycles. The predicted octanol–water partition coefficient (Wildman–Crippen LogP) is 2.64. The van der Waals surface area contributed by atoms with Gasteiger partial charge in [0.25, 0.3) is 0 Å². The quantitative estimate of drug-likeness (QED) is 0.640. The molecule has 1 fully saturated rings. The van der Waals surface area contributed by atoms with Crippen LogP contribution >= 0.6 is 0 Å². The van der Waals surface area contributed by atoms with E-state index in [0.29, 0.717) is 11.5 Å². The van der Waals surface area contributed by atoms with Crippen molar-refractivity contribution in [2.24, 2.45) is 5.41 Å². The first-order chi connectivity index (χ1) is 9.06. The number of aliphatic hydroxyl groups is 1. The third-order valence-electron chi connectivity index (χ3n) is 4.90. The smallest absolute Gasteiger partial charge is 0.0558 e. The van der Waals surface area contributed by atoms with E-state index >= 15 is 0 Å². The molecule has 0 radical (unpaired) electrons. The summed E-state index contributed by atoms with van der Waals surface area (Å²) in [7, 11) is 0. The molecular formula is C16H34N2O. The van der Waals surface area contributed by atoms with Gasteiger partial charge in [0.2, 0.25) is 0 Å². The molecular weight excluding hydrogens is 236 g/mol. The summed E-state index contributed by atoms with van der Waals surface area (Å²) in [5, 5.41) is 12.9. The zero-order valence-corrected chi connectivity index (χ0v) is 13.4. The van der Waals surface area contributed by atoms with Crippen molar-refractivity contribution in [3.63, 3.8) is 0 Å². The van der Waals surface area contributed by atoms with Gasteiger partial charge in [-0.25, -0.2) is 0 Å². The Balaban J connectivity index is 2.61. The molecule has 2 N–H and O–H groups in total. The summed E-state index contributed by atoms with van der Waals surface area (Å²) in [6.07, 6.45) is 6.42. The summed E-state index contributed by atoms with van der Waals surface area (Å²) in [4.78, 5) is 2.54. The second-order valence-corrected chi connectivity index (χ2v) is 6.52. The molecule has 0 unspecified atom stereocenters. The van der Waals surface area contributed by atoms with Gasteiger partial charge in [-0.15, -0.1) is 0 Å². The Kier molecular flexibility index (Phi) is 7.33. The molecule has 0 aromatic rings. The fourth-order valence-corrected chi connectivity index (χ4v) is 2.90. The van der Waals surface area contributed by atoms with Crippen molar-refractivity contribution >= 4 is 0 Å². The number of hydrogen-bond acceptors (Lipinski definition) is 3. The Hall–Kier alpha value is -0.120. The Morgan fingerprint density at radius 1 is 1.26 bits per heavy atom. The number of aliphatic hydroxyl groups excluding tert-OH is 1. The summed E-state index contributed by atoms with van der Waals surface area (Å²) >= 11 is 0. The zero-order chi connectivity index (χ0) is 14.3. The van der Waals surface area contributed by atoms with E-state index in [1.165, 1.54) is 32.1 Å². The summed E-state index contributed by atoms with van der Waals surface area (Å²) in [6, 6.07) is 1.27. The van der Waals surface area contributed by atoms with Gasteiger partial charge in [-0.1, -0.05) is 34.1 Å². The minimum Gasteiger partial charge on any atom is -0.395 e. The lowest BCUT2D eigenvalue weighted by molar-refractivity contribution is 0.0472. The Morgan fingerprint density at radius 2 is 1.89 bits per heavy atom. The molecule has 0 bridgehead atoms. The van der Waals surface area contributed by atoms with Gasteiger partial charge < -0.3 is 10.4 Å². The largest absolute Gasteiger partial charge is 0.395 e. The van der Waals surface area contributed by atoms with E-state index in [1.807, 2.05) is 0 Å². The molecule has 1 aliphatic rings. The number of hydrogen-bond donors (Lipinski definition) is 2. The Morgan fingerprint density at radius 3 is 2.26 bits per heavy atom. The molecule has 0 aliphatic heterocycles. The van der Waals surface area contributed by atoms with Crippen LogP contribution in [0.15, 0.2) is 0 Å². The van der Waals surface area contributed by atoms with Crippen LogP contribution in [0.4, 0.5) is 0 Å². The van der Waals surface area contributed by atoms with Crippen molar-refractivity contribution in [2.45, 2.75) is 71.9 Å². The van der Waals surface area contributed by atoms with Crippen LogP contribution in [0.25, 0.3) is 0 Å². The third kappa shape index (κ3) is 5.05. The highest BCUT2D eigenvalue weighted by Crippen LogP contribution is 2.32. The minimum absolute atomic E-state index is 0.289. The molecule has 19 heavy (non-hydrogen) atoms. The van der Waals surface area contributed by atoms with Crippen molar-refractivity contribution in [1.29, 1.82) is 0 Å². The van der Waals surface area contributed by atoms with E-state index in [4.69, 9.17) is 0 Å². The molecule has 3 nitrogen and oxygen atoms in total. The van der Waals surface area contributed by atoms with Crippen molar-refractivity contribution in [3.05, 3.63) is 0 Å². The standard InChI is InChI=1S/C16H34N2O/c1-5-16(6-2,12-17-14(3)4)13-18(10-11-19)15-8-7-9-15/h14-15,17,19H,5-13H2,1-4H3. The van der Waals surface area contributed by atoms with Gasteiger partial charge >= 0.3 is 0 Å². The molecule has 0 saturated heterocycles. The van der Waals surface area contributed by atoms with Crippen molar-refractivity contribution < 1.29 is 5.11 Å². The topological polar surface area (TPSA) is 35.5 Å². The average molecular weight is 270 g/mol. The van der Waals surface area contributed by atoms with Gasteiger partial charge in [0.05, 0.1) is 6.61 Å². The Bertz CT molecular complexity index is 235. The lowest BCUT2D eigenvalue weighted by Crippen LogP contribution is -2.50. The summed E-state index contributed by atoms with van der Waals surface area (Å²) in [6.45, 7) is 12.4. The molecule has 3 heteroatoms. The summed E-state index contributed by atoms with van der Waals surface area (Å²) < 4.78 is 0. The maximum absolute atomic E-state index is 9.31. The molecule has 0 amide bonds. The highest BCUT2D eigenvalue weighted by Gasteiger charge is 2.33. The maximum Gasteiger partial charge on any atom is 0.0558 e.